The van der Waals surface area contributed by atoms with Gasteiger partial charge in [0.15, 0.2) is 0 Å². The van der Waals surface area contributed by atoms with Gasteiger partial charge in [-0.2, -0.15) is 4.98 Å². The van der Waals surface area contributed by atoms with E-state index in [0.29, 0.717) is 77.7 Å². The van der Waals surface area contributed by atoms with Crippen molar-refractivity contribution < 1.29 is 32.5 Å². The van der Waals surface area contributed by atoms with Crippen LogP contribution in [-0.2, 0) is 31.8 Å². The number of imide groups is 1. The fraction of sp³-hybridized carbons (Fsp3) is 0.438. The molecule has 0 unspecified atom stereocenters. The minimum absolute atomic E-state index is 0.0196. The van der Waals surface area contributed by atoms with E-state index >= 15 is 8.78 Å². The summed E-state index contributed by atoms with van der Waals surface area (Å²) in [5.41, 5.74) is 4.32. The molecule has 5 N–H and O–H groups in total. The molecule has 3 fully saturated rings. The molecule has 20 heteroatoms. The predicted octanol–water partition coefficient (Wildman–Crippen LogP) is 7.05. The van der Waals surface area contributed by atoms with Crippen molar-refractivity contribution in [1.29, 1.82) is 0 Å². The minimum Gasteiger partial charge on any atom is -0.494 e. The molecule has 0 bridgehead atoms. The number of fused-ring (bicyclic) bond motifs is 1. The van der Waals surface area contributed by atoms with Crippen LogP contribution in [0.5, 0.6) is 5.75 Å². The second-order valence-electron chi connectivity index (χ2n) is 17.8. The third kappa shape index (κ3) is 10.7. The first-order valence-corrected chi connectivity index (χ1v) is 26.5. The van der Waals surface area contributed by atoms with E-state index in [9.17, 15) is 18.9 Å². The van der Waals surface area contributed by atoms with Gasteiger partial charge in [-0.1, -0.05) is 13.8 Å². The molecule has 2 aromatic heterocycles. The van der Waals surface area contributed by atoms with Gasteiger partial charge in [0.25, 0.3) is 0 Å². The molecule has 0 spiro atoms. The summed E-state index contributed by atoms with van der Waals surface area (Å²) in [4.78, 5) is 59.6. The van der Waals surface area contributed by atoms with Crippen molar-refractivity contribution >= 4 is 91.5 Å². The number of nitrogens with zero attached hydrogens (tertiary/aromatic N) is 6. The third-order valence-corrected chi connectivity index (χ3v) is 15.1. The number of benzene rings is 3. The average Bonchev–Trinajstić information content (AvgIpc) is 3.82. The molecule has 3 aliphatic rings. The molecular formula is C48H57BrF2N11O5P. The first kappa shape index (κ1) is 48.7. The molecule has 0 aliphatic carbocycles. The standard InChI is InChI=1S/C48H57BrF2N11O5P/c1-6-27-20-38(58-48-55-25-33(49)45(60-48)57-37-10-9-36-32(44(37)68(4,5)66)24-54-41(7-2)56-36)40(67-3)23-39(27)61-18-13-29(14-19-61)52-15-16-53-46(64)28-12-17-62(26-28)30-21-34(50)43(35(51)22-30)31-8-11-42(63)59-47(31)65/h9-10,20-25,28-29,31,52H,6-8,11-19,26H2,1-5H3,(H,53,64)(H,59,63,65)(H2,55,57,58,60)/t28-,31-/m1/s1. The fourth-order valence-electron chi connectivity index (χ4n) is 9.40. The van der Waals surface area contributed by atoms with Crippen LogP contribution >= 0.6 is 23.1 Å². The number of methoxy groups -OCH3 is 1. The quantitative estimate of drug-likeness (QED) is 0.0383. The van der Waals surface area contributed by atoms with Crippen molar-refractivity contribution in [2.45, 2.75) is 70.8 Å². The van der Waals surface area contributed by atoms with Crippen LogP contribution in [0.4, 0.5) is 43.3 Å². The van der Waals surface area contributed by atoms with Crippen LogP contribution < -0.4 is 46.4 Å². The lowest BCUT2D eigenvalue weighted by Gasteiger charge is -2.35. The molecule has 5 aromatic rings. The van der Waals surface area contributed by atoms with Crippen LogP contribution in [-0.4, -0.2) is 103 Å². The van der Waals surface area contributed by atoms with Gasteiger partial charge in [-0.15, -0.1) is 0 Å². The number of hydrogen-bond donors (Lipinski definition) is 5. The summed E-state index contributed by atoms with van der Waals surface area (Å²) in [5.74, 6) is -2.13. The molecule has 3 saturated heterocycles. The van der Waals surface area contributed by atoms with Crippen LogP contribution in [0.25, 0.3) is 10.9 Å². The van der Waals surface area contributed by atoms with E-state index in [0.717, 1.165) is 66.0 Å². The van der Waals surface area contributed by atoms with E-state index in [1.165, 1.54) is 12.1 Å². The van der Waals surface area contributed by atoms with Gasteiger partial charge in [-0.25, -0.2) is 23.7 Å². The number of nitrogens with one attached hydrogen (secondary N) is 5. The Morgan fingerprint density at radius 3 is 2.35 bits per heavy atom. The lowest BCUT2D eigenvalue weighted by Crippen LogP contribution is -2.45. The van der Waals surface area contributed by atoms with Gasteiger partial charge in [0.05, 0.1) is 40.3 Å². The smallest absolute Gasteiger partial charge is 0.234 e. The molecule has 360 valence electrons. The summed E-state index contributed by atoms with van der Waals surface area (Å²) in [7, 11) is -1.16. The lowest BCUT2D eigenvalue weighted by atomic mass is 9.89. The van der Waals surface area contributed by atoms with E-state index in [4.69, 9.17) is 9.72 Å². The van der Waals surface area contributed by atoms with Crippen molar-refractivity contribution in [3.63, 3.8) is 0 Å². The summed E-state index contributed by atoms with van der Waals surface area (Å²) in [6.45, 7) is 11.1. The highest BCUT2D eigenvalue weighted by atomic mass is 79.9. The zero-order valence-corrected chi connectivity index (χ0v) is 41.3. The summed E-state index contributed by atoms with van der Waals surface area (Å²) >= 11 is 3.59. The molecular weight excluding hydrogens is 959 g/mol. The Hall–Kier alpha value is -5.78. The van der Waals surface area contributed by atoms with E-state index < -0.39 is 36.5 Å². The van der Waals surface area contributed by atoms with Gasteiger partial charge >= 0.3 is 0 Å². The van der Waals surface area contributed by atoms with Gasteiger partial charge in [0.2, 0.25) is 23.7 Å². The zero-order chi connectivity index (χ0) is 48.3. The van der Waals surface area contributed by atoms with Crippen molar-refractivity contribution in [1.82, 2.24) is 35.9 Å². The first-order chi connectivity index (χ1) is 32.6. The molecule has 8 rings (SSSR count). The highest BCUT2D eigenvalue weighted by Gasteiger charge is 2.35. The van der Waals surface area contributed by atoms with Crippen LogP contribution in [0.2, 0.25) is 0 Å². The first-order valence-electron chi connectivity index (χ1n) is 23.1. The van der Waals surface area contributed by atoms with Crippen molar-refractivity contribution in [3.8, 4) is 5.75 Å². The Balaban J connectivity index is 0.833. The molecule has 16 nitrogen and oxygen atoms in total. The maximum atomic E-state index is 15.2. The van der Waals surface area contributed by atoms with Crippen molar-refractivity contribution in [3.05, 3.63) is 81.9 Å². The second-order valence-corrected chi connectivity index (χ2v) is 21.8. The molecule has 2 atom stereocenters. The van der Waals surface area contributed by atoms with Gasteiger partial charge < -0.3 is 40.4 Å². The highest BCUT2D eigenvalue weighted by Crippen LogP contribution is 2.42. The van der Waals surface area contributed by atoms with Gasteiger partial charge in [0, 0.05) is 104 Å². The van der Waals surface area contributed by atoms with E-state index in [1.807, 2.05) is 19.1 Å². The van der Waals surface area contributed by atoms with E-state index in [1.54, 1.807) is 37.7 Å². The number of amides is 3. The summed E-state index contributed by atoms with van der Waals surface area (Å²) < 4.78 is 50.6. The average molecular weight is 1020 g/mol. The van der Waals surface area contributed by atoms with Crippen molar-refractivity contribution in [2.24, 2.45) is 5.92 Å². The fourth-order valence-corrected chi connectivity index (χ4v) is 11.1. The lowest BCUT2D eigenvalue weighted by molar-refractivity contribution is -0.134. The number of piperidine rings is 2. The van der Waals surface area contributed by atoms with Gasteiger partial charge in [-0.3, -0.25) is 19.7 Å². The third-order valence-electron chi connectivity index (χ3n) is 12.9. The summed E-state index contributed by atoms with van der Waals surface area (Å²) in [6, 6.07) is 10.6. The topological polar surface area (TPSA) is 196 Å². The molecule has 5 heterocycles. The largest absolute Gasteiger partial charge is 0.494 e. The second kappa shape index (κ2) is 20.8. The molecule has 3 aliphatic heterocycles. The number of anilines is 6. The minimum atomic E-state index is -2.80. The Morgan fingerprint density at radius 1 is 0.912 bits per heavy atom. The Kier molecular flexibility index (Phi) is 14.9. The van der Waals surface area contributed by atoms with Crippen LogP contribution in [0.15, 0.2) is 53.3 Å². The number of hydrogen-bond acceptors (Lipinski definition) is 14. The SMILES string of the molecule is CCc1ncc2c(P(C)(C)=O)c(Nc3nc(Nc4cc(CC)c(N5CCC(NCCNC(=O)[C@@H]6CCN(c7cc(F)c([C@H]8CCC(=O)NC8=O)c(F)c7)C6)CC5)cc4OC)ncc3Br)ccc2n1. The maximum Gasteiger partial charge on any atom is 0.234 e. The number of carbonyl (C=O) groups is 3. The summed E-state index contributed by atoms with van der Waals surface area (Å²) in [6.07, 6.45) is 7.32. The highest BCUT2D eigenvalue weighted by molar-refractivity contribution is 9.10. The predicted molar refractivity (Wildman–Crippen MR) is 265 cm³/mol. The Morgan fingerprint density at radius 2 is 1.66 bits per heavy atom. The van der Waals surface area contributed by atoms with E-state index in [2.05, 4.69) is 81.4 Å². The molecule has 3 amide bonds. The number of ether oxygens (including phenoxy) is 1. The molecule has 3 aromatic carbocycles. The Bertz CT molecular complexity index is 2770. The zero-order valence-electron chi connectivity index (χ0n) is 38.8. The number of aromatic nitrogens is 4. The Labute approximate surface area is 402 Å². The molecule has 0 radical (unpaired) electrons. The van der Waals surface area contributed by atoms with Gasteiger partial charge in [0.1, 0.15) is 36.2 Å². The number of aryl methyl sites for hydroxylation is 2. The number of carbonyl (C=O) groups excluding carboxylic acids is 3. The van der Waals surface area contributed by atoms with E-state index in [-0.39, 0.29) is 36.3 Å². The number of rotatable bonds is 16. The number of halogens is 3. The summed E-state index contributed by atoms with van der Waals surface area (Å²) in [5, 5.41) is 16.9. The van der Waals surface area contributed by atoms with Gasteiger partial charge in [-0.05, 0) is 97.3 Å². The monoisotopic (exact) mass is 1020 g/mol. The molecule has 0 saturated carbocycles. The molecule has 68 heavy (non-hydrogen) atoms. The van der Waals surface area contributed by atoms with Crippen LogP contribution in [0.3, 0.4) is 0 Å². The normalized spacial score (nSPS) is 17.9. The van der Waals surface area contributed by atoms with Crippen molar-refractivity contribution in [2.75, 3.05) is 80.1 Å². The van der Waals surface area contributed by atoms with Crippen LogP contribution in [0.1, 0.15) is 68.8 Å². The maximum absolute atomic E-state index is 15.2. The van der Waals surface area contributed by atoms with Crippen LogP contribution in [0, 0.1) is 17.6 Å².